The fourth-order valence-electron chi connectivity index (χ4n) is 2.52. The van der Waals surface area contributed by atoms with E-state index in [2.05, 4.69) is 12.2 Å². The zero-order valence-corrected chi connectivity index (χ0v) is 14.6. The maximum atomic E-state index is 11.9. The Kier molecular flexibility index (Phi) is 10.8. The first-order valence-electron chi connectivity index (χ1n) is 8.78. The molecule has 1 aromatic carbocycles. The van der Waals surface area contributed by atoms with Crippen molar-refractivity contribution in [2.24, 2.45) is 0 Å². The van der Waals surface area contributed by atoms with Crippen molar-refractivity contribution >= 4 is 17.5 Å². The summed E-state index contributed by atoms with van der Waals surface area (Å²) < 4.78 is 0. The Morgan fingerprint density at radius 2 is 1.36 bits per heavy atom. The van der Waals surface area contributed by atoms with Gasteiger partial charge in [0.05, 0.1) is 0 Å². The Labute approximate surface area is 140 Å². The largest absolute Gasteiger partial charge is 0.352 e. The van der Waals surface area contributed by atoms with Gasteiger partial charge >= 0.3 is 0 Å². The quantitative estimate of drug-likeness (QED) is 0.470. The molecule has 1 amide bonds. The summed E-state index contributed by atoms with van der Waals surface area (Å²) >= 11 is 5.81. The molecule has 1 rings (SSSR count). The number of hydrogen-bond donors (Lipinski definition) is 1. The standard InChI is InChI=1S/C19H30ClNO/c1-2-3-4-5-6-7-8-9-10-11-16-21-19(22)17-12-14-18(20)15-13-17/h12-15H,2-11,16H2,1H3,(H,21,22). The van der Waals surface area contributed by atoms with Crippen LogP contribution in [0.25, 0.3) is 0 Å². The molecule has 0 saturated carbocycles. The maximum absolute atomic E-state index is 11.9. The number of amides is 1. The van der Waals surface area contributed by atoms with Gasteiger partial charge in [-0.3, -0.25) is 4.79 Å². The van der Waals surface area contributed by atoms with Crippen molar-refractivity contribution in [1.29, 1.82) is 0 Å². The van der Waals surface area contributed by atoms with Crippen molar-refractivity contribution in [3.63, 3.8) is 0 Å². The minimum absolute atomic E-state index is 0.00686. The van der Waals surface area contributed by atoms with Crippen LogP contribution >= 0.6 is 11.6 Å². The summed E-state index contributed by atoms with van der Waals surface area (Å²) in [5.74, 6) is -0.00686. The summed E-state index contributed by atoms with van der Waals surface area (Å²) in [5, 5.41) is 3.62. The molecule has 0 bridgehead atoms. The molecule has 0 aliphatic rings. The molecule has 22 heavy (non-hydrogen) atoms. The van der Waals surface area contributed by atoms with Crippen molar-refractivity contribution in [2.75, 3.05) is 6.54 Å². The lowest BCUT2D eigenvalue weighted by atomic mass is 10.1. The van der Waals surface area contributed by atoms with Gasteiger partial charge in [-0.25, -0.2) is 0 Å². The highest BCUT2D eigenvalue weighted by Gasteiger charge is 2.03. The molecule has 0 aliphatic heterocycles. The average molecular weight is 324 g/mol. The third-order valence-electron chi connectivity index (χ3n) is 3.92. The van der Waals surface area contributed by atoms with Crippen LogP contribution in [0.15, 0.2) is 24.3 Å². The van der Waals surface area contributed by atoms with E-state index in [1.165, 1.54) is 57.8 Å². The van der Waals surface area contributed by atoms with E-state index in [-0.39, 0.29) is 5.91 Å². The highest BCUT2D eigenvalue weighted by atomic mass is 35.5. The van der Waals surface area contributed by atoms with Crippen molar-refractivity contribution in [3.05, 3.63) is 34.9 Å². The molecule has 1 N–H and O–H groups in total. The van der Waals surface area contributed by atoms with Gasteiger partial charge < -0.3 is 5.32 Å². The number of carbonyl (C=O) groups is 1. The van der Waals surface area contributed by atoms with Crippen LogP contribution in [-0.4, -0.2) is 12.5 Å². The first-order valence-corrected chi connectivity index (χ1v) is 9.15. The second-order valence-electron chi connectivity index (χ2n) is 5.94. The molecule has 0 aliphatic carbocycles. The van der Waals surface area contributed by atoms with E-state index in [0.29, 0.717) is 10.6 Å². The van der Waals surface area contributed by atoms with E-state index in [0.717, 1.165) is 13.0 Å². The number of nitrogens with one attached hydrogen (secondary N) is 1. The van der Waals surface area contributed by atoms with Crippen LogP contribution in [0.5, 0.6) is 0 Å². The minimum atomic E-state index is -0.00686. The topological polar surface area (TPSA) is 29.1 Å². The predicted octanol–water partition coefficient (Wildman–Crippen LogP) is 5.99. The van der Waals surface area contributed by atoms with E-state index in [1.54, 1.807) is 24.3 Å². The van der Waals surface area contributed by atoms with Crippen LogP contribution in [0, 0.1) is 0 Å². The summed E-state index contributed by atoms with van der Waals surface area (Å²) in [4.78, 5) is 11.9. The minimum Gasteiger partial charge on any atom is -0.352 e. The first-order chi connectivity index (χ1) is 10.7. The molecular weight excluding hydrogens is 294 g/mol. The van der Waals surface area contributed by atoms with Crippen LogP contribution < -0.4 is 5.32 Å². The number of rotatable bonds is 12. The zero-order valence-electron chi connectivity index (χ0n) is 13.9. The van der Waals surface area contributed by atoms with Crippen molar-refractivity contribution in [3.8, 4) is 0 Å². The van der Waals surface area contributed by atoms with Crippen molar-refractivity contribution in [1.82, 2.24) is 5.32 Å². The average Bonchev–Trinajstić information content (AvgIpc) is 2.53. The van der Waals surface area contributed by atoms with Gasteiger partial charge in [0, 0.05) is 17.1 Å². The lowest BCUT2D eigenvalue weighted by Crippen LogP contribution is -2.24. The molecule has 0 saturated heterocycles. The molecule has 0 atom stereocenters. The van der Waals surface area contributed by atoms with Gasteiger partial charge in [0.25, 0.3) is 5.91 Å². The van der Waals surface area contributed by atoms with Crippen LogP contribution in [0.2, 0.25) is 5.02 Å². The van der Waals surface area contributed by atoms with E-state index in [4.69, 9.17) is 11.6 Å². The van der Waals surface area contributed by atoms with Crippen molar-refractivity contribution in [2.45, 2.75) is 71.1 Å². The van der Waals surface area contributed by atoms with E-state index in [1.807, 2.05) is 0 Å². The summed E-state index contributed by atoms with van der Waals surface area (Å²) in [6.07, 6.45) is 13.1. The fourth-order valence-corrected chi connectivity index (χ4v) is 2.64. The van der Waals surface area contributed by atoms with Gasteiger partial charge in [-0.15, -0.1) is 0 Å². The molecule has 0 unspecified atom stereocenters. The molecule has 0 aromatic heterocycles. The van der Waals surface area contributed by atoms with Crippen LogP contribution in [0.3, 0.4) is 0 Å². The number of hydrogen-bond acceptors (Lipinski definition) is 1. The van der Waals surface area contributed by atoms with Gasteiger partial charge in [0.1, 0.15) is 0 Å². The number of carbonyl (C=O) groups excluding carboxylic acids is 1. The second kappa shape index (κ2) is 12.5. The Hall–Kier alpha value is -1.02. The highest BCUT2D eigenvalue weighted by Crippen LogP contribution is 2.11. The van der Waals surface area contributed by atoms with Crippen LogP contribution in [0.4, 0.5) is 0 Å². The summed E-state index contributed by atoms with van der Waals surface area (Å²) in [6.45, 7) is 3.02. The third kappa shape index (κ3) is 9.09. The van der Waals surface area contributed by atoms with E-state index >= 15 is 0 Å². The van der Waals surface area contributed by atoms with Gasteiger partial charge in [-0.05, 0) is 30.7 Å². The fraction of sp³-hybridized carbons (Fsp3) is 0.632. The molecule has 3 heteroatoms. The van der Waals surface area contributed by atoms with Gasteiger partial charge in [-0.1, -0.05) is 76.3 Å². The lowest BCUT2D eigenvalue weighted by molar-refractivity contribution is 0.0953. The van der Waals surface area contributed by atoms with E-state index in [9.17, 15) is 4.79 Å². The second-order valence-corrected chi connectivity index (χ2v) is 6.38. The molecule has 0 spiro atoms. The van der Waals surface area contributed by atoms with E-state index < -0.39 is 0 Å². The molecule has 0 fully saturated rings. The Morgan fingerprint density at radius 1 is 0.864 bits per heavy atom. The highest BCUT2D eigenvalue weighted by molar-refractivity contribution is 6.30. The molecule has 2 nitrogen and oxygen atoms in total. The third-order valence-corrected chi connectivity index (χ3v) is 4.17. The molecule has 0 radical (unpaired) electrons. The SMILES string of the molecule is CCCCCCCCCCCCNC(=O)c1ccc(Cl)cc1. The monoisotopic (exact) mass is 323 g/mol. The first kappa shape index (κ1) is 19.0. The molecule has 0 heterocycles. The van der Waals surface area contributed by atoms with Gasteiger partial charge in [0.2, 0.25) is 0 Å². The smallest absolute Gasteiger partial charge is 0.251 e. The predicted molar refractivity (Wildman–Crippen MR) is 95.6 cm³/mol. The van der Waals surface area contributed by atoms with Gasteiger partial charge in [0.15, 0.2) is 0 Å². The number of unbranched alkanes of at least 4 members (excludes halogenated alkanes) is 9. The lowest BCUT2D eigenvalue weighted by Gasteiger charge is -2.05. The summed E-state index contributed by atoms with van der Waals surface area (Å²) in [6, 6.07) is 7.01. The Bertz CT molecular complexity index is 402. The molecule has 124 valence electrons. The van der Waals surface area contributed by atoms with Crippen LogP contribution in [0.1, 0.15) is 81.5 Å². The Balaban J connectivity index is 1.93. The van der Waals surface area contributed by atoms with Gasteiger partial charge in [-0.2, -0.15) is 0 Å². The van der Waals surface area contributed by atoms with Crippen LogP contribution in [-0.2, 0) is 0 Å². The molecule has 1 aromatic rings. The zero-order chi connectivity index (χ0) is 16.0. The normalized spacial score (nSPS) is 10.6. The summed E-state index contributed by atoms with van der Waals surface area (Å²) in [5.41, 5.74) is 0.677. The Morgan fingerprint density at radius 3 is 1.91 bits per heavy atom. The van der Waals surface area contributed by atoms with Crippen molar-refractivity contribution < 1.29 is 4.79 Å². The molecular formula is C19H30ClNO. The number of halogens is 1. The number of benzene rings is 1. The summed E-state index contributed by atoms with van der Waals surface area (Å²) in [7, 11) is 0. The maximum Gasteiger partial charge on any atom is 0.251 e.